The molecule has 2 aromatic carbocycles. The monoisotopic (exact) mass is 595 g/mol. The highest BCUT2D eigenvalue weighted by Gasteiger charge is 2.27. The first-order valence-corrected chi connectivity index (χ1v) is 14.5. The Kier molecular flexibility index (Phi) is 8.62. The number of amides is 3. The molecular formula is C32H33N7O5. The Balaban J connectivity index is 1.41. The summed E-state index contributed by atoms with van der Waals surface area (Å²) < 4.78 is 17.0. The molecule has 2 aliphatic heterocycles. The van der Waals surface area contributed by atoms with Crippen molar-refractivity contribution in [2.45, 2.75) is 6.92 Å². The molecule has 226 valence electrons. The highest BCUT2D eigenvalue weighted by atomic mass is 16.5. The van der Waals surface area contributed by atoms with E-state index in [0.717, 1.165) is 11.1 Å². The van der Waals surface area contributed by atoms with Crippen LogP contribution in [0.5, 0.6) is 5.75 Å². The number of primary amides is 1. The van der Waals surface area contributed by atoms with Crippen molar-refractivity contribution in [2.75, 3.05) is 67.4 Å². The van der Waals surface area contributed by atoms with Crippen LogP contribution in [0, 0.1) is 0 Å². The van der Waals surface area contributed by atoms with Gasteiger partial charge < -0.3 is 29.7 Å². The lowest BCUT2D eigenvalue weighted by atomic mass is 10.1. The highest BCUT2D eigenvalue weighted by molar-refractivity contribution is 6.05. The topological polar surface area (TPSA) is 136 Å². The van der Waals surface area contributed by atoms with Crippen LogP contribution in [0.2, 0.25) is 0 Å². The van der Waals surface area contributed by atoms with Gasteiger partial charge in [-0.05, 0) is 55.5 Å². The zero-order valence-corrected chi connectivity index (χ0v) is 24.4. The van der Waals surface area contributed by atoms with Gasteiger partial charge in [0, 0.05) is 43.2 Å². The molecule has 4 aromatic rings. The van der Waals surface area contributed by atoms with Crippen LogP contribution in [0.4, 0.5) is 27.7 Å². The molecule has 4 heterocycles. The summed E-state index contributed by atoms with van der Waals surface area (Å²) in [4.78, 5) is 44.8. The van der Waals surface area contributed by atoms with E-state index in [0.29, 0.717) is 86.2 Å². The molecule has 2 aromatic heterocycles. The predicted molar refractivity (Wildman–Crippen MR) is 166 cm³/mol. The van der Waals surface area contributed by atoms with Crippen LogP contribution < -0.4 is 25.2 Å². The third-order valence-electron chi connectivity index (χ3n) is 7.40. The molecule has 2 aliphatic rings. The van der Waals surface area contributed by atoms with Gasteiger partial charge in [-0.25, -0.2) is 14.8 Å². The van der Waals surface area contributed by atoms with E-state index in [2.05, 4.69) is 9.88 Å². The summed E-state index contributed by atoms with van der Waals surface area (Å²) in [5, 5.41) is 0. The third kappa shape index (κ3) is 5.90. The second-order valence-electron chi connectivity index (χ2n) is 10.1. The maximum atomic E-state index is 12.9. The molecule has 0 aliphatic carbocycles. The van der Waals surface area contributed by atoms with Crippen LogP contribution in [0.15, 0.2) is 73.1 Å². The fourth-order valence-corrected chi connectivity index (χ4v) is 5.34. The van der Waals surface area contributed by atoms with Crippen molar-refractivity contribution < 1.29 is 23.8 Å². The summed E-state index contributed by atoms with van der Waals surface area (Å²) >= 11 is 0. The van der Waals surface area contributed by atoms with Crippen molar-refractivity contribution in [1.82, 2.24) is 15.0 Å². The van der Waals surface area contributed by atoms with Gasteiger partial charge in [-0.3, -0.25) is 14.7 Å². The number of anilines is 4. The average Bonchev–Trinajstić information content (AvgIpc) is 3.06. The van der Waals surface area contributed by atoms with Crippen LogP contribution in [-0.2, 0) is 14.3 Å². The fraction of sp³-hybridized carbons (Fsp3) is 0.281. The number of benzene rings is 2. The van der Waals surface area contributed by atoms with E-state index in [1.165, 1.54) is 4.90 Å². The molecule has 0 saturated carbocycles. The lowest BCUT2D eigenvalue weighted by Crippen LogP contribution is -2.43. The molecule has 12 nitrogen and oxygen atoms in total. The first kappa shape index (κ1) is 29.0. The van der Waals surface area contributed by atoms with E-state index in [9.17, 15) is 9.59 Å². The van der Waals surface area contributed by atoms with Crippen molar-refractivity contribution in [2.24, 2.45) is 5.73 Å². The molecule has 2 saturated heterocycles. The van der Waals surface area contributed by atoms with Gasteiger partial charge in [-0.15, -0.1) is 0 Å². The van der Waals surface area contributed by atoms with Crippen molar-refractivity contribution in [1.29, 1.82) is 0 Å². The summed E-state index contributed by atoms with van der Waals surface area (Å²) in [5.74, 6) is 1.62. The van der Waals surface area contributed by atoms with E-state index in [1.807, 2.05) is 37.3 Å². The third-order valence-corrected chi connectivity index (χ3v) is 7.40. The molecule has 12 heteroatoms. The van der Waals surface area contributed by atoms with Crippen molar-refractivity contribution >= 4 is 34.8 Å². The van der Waals surface area contributed by atoms with Crippen LogP contribution in [0.25, 0.3) is 22.6 Å². The van der Waals surface area contributed by atoms with Gasteiger partial charge in [-0.2, -0.15) is 0 Å². The number of para-hydroxylation sites is 2. The number of urea groups is 1. The molecule has 2 N–H and O–H groups in total. The maximum Gasteiger partial charge on any atom is 0.323 e. The predicted octanol–water partition coefficient (Wildman–Crippen LogP) is 4.02. The first-order chi connectivity index (χ1) is 21.5. The second-order valence-corrected chi connectivity index (χ2v) is 10.1. The quantitative estimate of drug-likeness (QED) is 0.320. The smallest absolute Gasteiger partial charge is 0.323 e. The van der Waals surface area contributed by atoms with E-state index >= 15 is 0 Å². The minimum atomic E-state index is -0.683. The molecule has 0 spiro atoms. The number of hydrogen-bond donors (Lipinski definition) is 1. The van der Waals surface area contributed by atoms with Gasteiger partial charge in [0.25, 0.3) is 5.91 Å². The summed E-state index contributed by atoms with van der Waals surface area (Å²) in [5.41, 5.74) is 9.77. The van der Waals surface area contributed by atoms with E-state index in [1.54, 1.807) is 47.6 Å². The molecular weight excluding hydrogens is 562 g/mol. The summed E-state index contributed by atoms with van der Waals surface area (Å²) in [6.07, 6.45) is 3.44. The van der Waals surface area contributed by atoms with Crippen molar-refractivity contribution in [3.63, 3.8) is 0 Å². The summed E-state index contributed by atoms with van der Waals surface area (Å²) in [6.45, 7) is 5.67. The number of rotatable bonds is 8. The molecule has 3 amide bonds. The molecule has 0 radical (unpaired) electrons. The number of nitrogens with two attached hydrogens (primary N) is 1. The molecule has 44 heavy (non-hydrogen) atoms. The van der Waals surface area contributed by atoms with Gasteiger partial charge in [0.15, 0.2) is 17.4 Å². The SMILES string of the molecule is CCOc1c(-c2ccncc2)nc(-c2ccc(N(C(N)=O)c3ccccc3N3CCOCC3=O)cc2)nc1N1CCOCC1. The molecule has 2 fully saturated rings. The van der Waals surface area contributed by atoms with Crippen molar-refractivity contribution in [3.8, 4) is 28.4 Å². The number of nitrogens with zero attached hydrogens (tertiary/aromatic N) is 6. The van der Waals surface area contributed by atoms with Gasteiger partial charge in [-0.1, -0.05) is 12.1 Å². The number of pyridine rings is 1. The molecule has 0 atom stereocenters. The number of morpholine rings is 2. The number of hydrogen-bond acceptors (Lipinski definition) is 9. The van der Waals surface area contributed by atoms with E-state index in [-0.39, 0.29) is 12.5 Å². The summed E-state index contributed by atoms with van der Waals surface area (Å²) in [6, 6.07) is 17.6. The highest BCUT2D eigenvalue weighted by Crippen LogP contribution is 2.39. The van der Waals surface area contributed by atoms with Crippen LogP contribution in [0.1, 0.15) is 6.92 Å². The largest absolute Gasteiger partial charge is 0.488 e. The second kappa shape index (κ2) is 13.1. The zero-order chi connectivity index (χ0) is 30.5. The Morgan fingerprint density at radius 2 is 1.66 bits per heavy atom. The maximum absolute atomic E-state index is 12.9. The van der Waals surface area contributed by atoms with Gasteiger partial charge >= 0.3 is 6.03 Å². The average molecular weight is 596 g/mol. The zero-order valence-electron chi connectivity index (χ0n) is 24.4. The van der Waals surface area contributed by atoms with E-state index < -0.39 is 6.03 Å². The number of ether oxygens (including phenoxy) is 3. The van der Waals surface area contributed by atoms with Crippen LogP contribution >= 0.6 is 0 Å². The van der Waals surface area contributed by atoms with Crippen LogP contribution in [-0.4, -0.2) is 79.6 Å². The first-order valence-electron chi connectivity index (χ1n) is 14.5. The van der Waals surface area contributed by atoms with Crippen LogP contribution in [0.3, 0.4) is 0 Å². The standard InChI is InChI=1S/C32H33N7O5/c1-2-44-29-28(22-11-13-34-14-12-22)35-30(36-31(29)37-15-18-42-19-16-37)23-7-9-24(10-8-23)39(32(33)41)26-6-4-3-5-25(26)38-17-20-43-21-27(38)40/h3-14H,2,15-21H2,1H3,(H2,33,41). The number of carbonyl (C=O) groups excluding carboxylic acids is 2. The van der Waals surface area contributed by atoms with Gasteiger partial charge in [0.05, 0.1) is 43.5 Å². The van der Waals surface area contributed by atoms with Gasteiger partial charge in [0.2, 0.25) is 0 Å². The minimum absolute atomic E-state index is 0.0182. The van der Waals surface area contributed by atoms with Crippen molar-refractivity contribution in [3.05, 3.63) is 73.1 Å². The van der Waals surface area contributed by atoms with Gasteiger partial charge in [0.1, 0.15) is 12.3 Å². The minimum Gasteiger partial charge on any atom is -0.488 e. The Morgan fingerprint density at radius 3 is 2.36 bits per heavy atom. The number of carbonyl (C=O) groups is 2. The molecule has 6 rings (SSSR count). The fourth-order valence-electron chi connectivity index (χ4n) is 5.34. The lowest BCUT2D eigenvalue weighted by Gasteiger charge is -2.31. The Bertz CT molecular complexity index is 1630. The molecule has 0 unspecified atom stereocenters. The Labute approximate surface area is 255 Å². The Morgan fingerprint density at radius 1 is 0.932 bits per heavy atom. The normalized spacial score (nSPS) is 15.2. The summed E-state index contributed by atoms with van der Waals surface area (Å²) in [7, 11) is 0. The molecule has 0 bridgehead atoms. The van der Waals surface area contributed by atoms with E-state index in [4.69, 9.17) is 29.9 Å². The lowest BCUT2D eigenvalue weighted by molar-refractivity contribution is -0.125. The Hall–Kier alpha value is -5.07. The number of aromatic nitrogens is 3.